The van der Waals surface area contributed by atoms with E-state index in [4.69, 9.17) is 9.15 Å². The Bertz CT molecular complexity index is 1230. The molecule has 9 heteroatoms. The van der Waals surface area contributed by atoms with E-state index >= 15 is 0 Å². The molecule has 0 N–H and O–H groups in total. The molecule has 4 rings (SSSR count). The number of aryl methyl sites for hydroxylation is 1. The number of nitrogens with zero attached hydrogens (tertiary/aromatic N) is 1. The van der Waals surface area contributed by atoms with Gasteiger partial charge in [-0.25, -0.2) is 16.8 Å². The van der Waals surface area contributed by atoms with Crippen molar-refractivity contribution in [2.75, 3.05) is 13.1 Å². The summed E-state index contributed by atoms with van der Waals surface area (Å²) in [6, 6.07) is 16.8. The second-order valence-electron chi connectivity index (χ2n) is 7.22. The van der Waals surface area contributed by atoms with Crippen molar-refractivity contribution < 1.29 is 26.0 Å². The van der Waals surface area contributed by atoms with Crippen LogP contribution >= 0.6 is 0 Å². The summed E-state index contributed by atoms with van der Waals surface area (Å²) >= 11 is 0. The molecular weight excluding hydrogens is 426 g/mol. The summed E-state index contributed by atoms with van der Waals surface area (Å²) in [6.45, 7) is 1.83. The van der Waals surface area contributed by atoms with Gasteiger partial charge in [0, 0.05) is 13.1 Å². The van der Waals surface area contributed by atoms with Crippen molar-refractivity contribution in [1.82, 2.24) is 4.31 Å². The van der Waals surface area contributed by atoms with Gasteiger partial charge in [-0.1, -0.05) is 12.1 Å². The number of ether oxygens (including phenoxy) is 1. The van der Waals surface area contributed by atoms with Crippen molar-refractivity contribution in [3.63, 3.8) is 0 Å². The molecule has 1 aliphatic heterocycles. The summed E-state index contributed by atoms with van der Waals surface area (Å²) < 4.78 is 62.5. The highest BCUT2D eigenvalue weighted by molar-refractivity contribution is 7.92. The molecule has 0 bridgehead atoms. The fraction of sp³-hybridized carbons (Fsp3) is 0.238. The van der Waals surface area contributed by atoms with Gasteiger partial charge in [-0.2, -0.15) is 4.31 Å². The summed E-state index contributed by atoms with van der Waals surface area (Å²) in [5.41, 5.74) is 1.06. The number of hydrogen-bond donors (Lipinski definition) is 0. The number of rotatable bonds is 7. The van der Waals surface area contributed by atoms with Crippen LogP contribution < -0.4 is 4.74 Å². The first-order chi connectivity index (χ1) is 14.2. The van der Waals surface area contributed by atoms with Crippen LogP contribution in [0.1, 0.15) is 11.3 Å². The van der Waals surface area contributed by atoms with E-state index in [2.05, 4.69) is 0 Å². The van der Waals surface area contributed by atoms with Crippen LogP contribution in [0.3, 0.4) is 0 Å². The van der Waals surface area contributed by atoms with E-state index in [0.29, 0.717) is 17.3 Å². The standard InChI is InChI=1S/C21H21NO6S2/c1-16-4-2-5-18(12-16)28-17-7-9-20(10-8-17)30(25,26)22-13-21(14-22)29(23,24)15-19-6-3-11-27-19/h2-12,21H,13-15H2,1H3. The molecule has 1 aliphatic rings. The van der Waals surface area contributed by atoms with Crippen LogP contribution in [0.25, 0.3) is 0 Å². The zero-order valence-electron chi connectivity index (χ0n) is 16.3. The molecule has 0 atom stereocenters. The smallest absolute Gasteiger partial charge is 0.243 e. The van der Waals surface area contributed by atoms with Crippen molar-refractivity contribution in [3.05, 3.63) is 78.3 Å². The average molecular weight is 448 g/mol. The Labute approximate surface area is 175 Å². The predicted molar refractivity (Wildman–Crippen MR) is 112 cm³/mol. The highest BCUT2D eigenvalue weighted by Gasteiger charge is 2.43. The molecule has 1 aromatic heterocycles. The Morgan fingerprint density at radius 1 is 0.967 bits per heavy atom. The number of furan rings is 1. The van der Waals surface area contributed by atoms with E-state index in [1.54, 1.807) is 24.3 Å². The van der Waals surface area contributed by atoms with Crippen molar-refractivity contribution in [2.24, 2.45) is 0 Å². The molecule has 0 spiro atoms. The van der Waals surface area contributed by atoms with Crippen molar-refractivity contribution in [2.45, 2.75) is 22.8 Å². The van der Waals surface area contributed by atoms with Crippen LogP contribution in [-0.2, 0) is 25.6 Å². The molecule has 0 amide bonds. The molecule has 0 unspecified atom stereocenters. The van der Waals surface area contributed by atoms with Crippen molar-refractivity contribution >= 4 is 19.9 Å². The van der Waals surface area contributed by atoms with E-state index < -0.39 is 25.1 Å². The van der Waals surface area contributed by atoms with Crippen LogP contribution in [0.2, 0.25) is 0 Å². The fourth-order valence-corrected chi connectivity index (χ4v) is 6.51. The topological polar surface area (TPSA) is 93.9 Å². The van der Waals surface area contributed by atoms with E-state index in [0.717, 1.165) is 5.56 Å². The van der Waals surface area contributed by atoms with Crippen molar-refractivity contribution in [1.29, 1.82) is 0 Å². The number of benzene rings is 2. The van der Waals surface area contributed by atoms with Crippen molar-refractivity contribution in [3.8, 4) is 11.5 Å². The van der Waals surface area contributed by atoms with Crippen LogP contribution in [-0.4, -0.2) is 39.5 Å². The monoisotopic (exact) mass is 447 g/mol. The maximum absolute atomic E-state index is 12.8. The van der Waals surface area contributed by atoms with Crippen LogP contribution in [0.15, 0.2) is 76.2 Å². The van der Waals surface area contributed by atoms with E-state index in [1.165, 1.54) is 22.7 Å². The summed E-state index contributed by atoms with van der Waals surface area (Å²) in [6.07, 6.45) is 1.41. The zero-order valence-corrected chi connectivity index (χ0v) is 17.9. The van der Waals surface area contributed by atoms with Crippen LogP contribution in [0.4, 0.5) is 0 Å². The Balaban J connectivity index is 1.41. The van der Waals surface area contributed by atoms with Crippen LogP contribution in [0, 0.1) is 6.92 Å². The molecule has 2 aromatic carbocycles. The fourth-order valence-electron chi connectivity index (χ4n) is 3.18. The molecule has 0 radical (unpaired) electrons. The minimum atomic E-state index is -3.76. The molecule has 1 saturated heterocycles. The van der Waals surface area contributed by atoms with Gasteiger partial charge in [0.15, 0.2) is 9.84 Å². The minimum absolute atomic E-state index is 0.0626. The summed E-state index contributed by atoms with van der Waals surface area (Å²) in [5.74, 6) is 1.30. The normalized spacial score (nSPS) is 15.6. The van der Waals surface area contributed by atoms with Gasteiger partial charge in [-0.05, 0) is 61.0 Å². The molecule has 30 heavy (non-hydrogen) atoms. The lowest BCUT2D eigenvalue weighted by molar-refractivity contribution is 0.309. The molecule has 0 saturated carbocycles. The molecule has 2 heterocycles. The summed E-state index contributed by atoms with van der Waals surface area (Å²) in [7, 11) is -7.25. The zero-order chi connectivity index (χ0) is 21.4. The quantitative estimate of drug-likeness (QED) is 0.551. The number of hydrogen-bond acceptors (Lipinski definition) is 6. The Morgan fingerprint density at radius 3 is 2.33 bits per heavy atom. The second kappa shape index (κ2) is 7.90. The lowest BCUT2D eigenvalue weighted by atomic mass is 10.2. The lowest BCUT2D eigenvalue weighted by Gasteiger charge is -2.37. The third-order valence-corrected chi connectivity index (χ3v) is 8.78. The average Bonchev–Trinajstić information content (AvgIpc) is 3.12. The molecule has 1 fully saturated rings. The Morgan fingerprint density at radius 2 is 1.70 bits per heavy atom. The summed E-state index contributed by atoms with van der Waals surface area (Å²) in [4.78, 5) is 0.0981. The maximum Gasteiger partial charge on any atom is 0.243 e. The molecule has 0 aliphatic carbocycles. The predicted octanol–water partition coefficient (Wildman–Crippen LogP) is 3.37. The Hall–Kier alpha value is -2.62. The lowest BCUT2D eigenvalue weighted by Crippen LogP contribution is -2.56. The Kier molecular flexibility index (Phi) is 5.44. The van der Waals surface area contributed by atoms with Gasteiger partial charge < -0.3 is 9.15 Å². The maximum atomic E-state index is 12.8. The van der Waals surface area contributed by atoms with Gasteiger partial charge >= 0.3 is 0 Å². The van der Waals surface area contributed by atoms with E-state index in [9.17, 15) is 16.8 Å². The first-order valence-corrected chi connectivity index (χ1v) is 12.5. The summed E-state index contributed by atoms with van der Waals surface area (Å²) in [5, 5.41) is -0.735. The van der Waals surface area contributed by atoms with Gasteiger partial charge in [0.05, 0.1) is 16.4 Å². The number of sulfone groups is 1. The molecule has 158 valence electrons. The van der Waals surface area contributed by atoms with Crippen LogP contribution in [0.5, 0.6) is 11.5 Å². The molecule has 7 nitrogen and oxygen atoms in total. The van der Waals surface area contributed by atoms with E-state index in [1.807, 2.05) is 31.2 Å². The van der Waals surface area contributed by atoms with Gasteiger partial charge in [0.25, 0.3) is 0 Å². The third-order valence-electron chi connectivity index (χ3n) is 4.93. The van der Waals surface area contributed by atoms with E-state index in [-0.39, 0.29) is 23.7 Å². The first kappa shape index (κ1) is 20.6. The van der Waals surface area contributed by atoms with Gasteiger partial charge in [0.2, 0.25) is 10.0 Å². The third kappa shape index (κ3) is 4.28. The minimum Gasteiger partial charge on any atom is -0.468 e. The highest BCUT2D eigenvalue weighted by atomic mass is 32.2. The molecular formula is C21H21NO6S2. The molecule has 3 aromatic rings. The SMILES string of the molecule is Cc1cccc(Oc2ccc(S(=O)(=O)N3CC(S(=O)(=O)Cc4ccco4)C3)cc2)c1. The van der Waals surface area contributed by atoms with Gasteiger partial charge in [-0.3, -0.25) is 0 Å². The van der Waals surface area contributed by atoms with Gasteiger partial charge in [0.1, 0.15) is 23.0 Å². The number of sulfonamides is 1. The van der Waals surface area contributed by atoms with Gasteiger partial charge in [-0.15, -0.1) is 0 Å². The second-order valence-corrected chi connectivity index (χ2v) is 11.4. The largest absolute Gasteiger partial charge is 0.468 e. The highest BCUT2D eigenvalue weighted by Crippen LogP contribution is 2.29. The first-order valence-electron chi connectivity index (χ1n) is 9.33.